The van der Waals surface area contributed by atoms with Crippen molar-refractivity contribution < 1.29 is 22.7 Å². The molecule has 0 aromatic heterocycles. The summed E-state index contributed by atoms with van der Waals surface area (Å²) in [6.45, 7) is 5.37. The number of aryl methyl sites for hydroxylation is 2. The lowest BCUT2D eigenvalue weighted by molar-refractivity contribution is -0.115. The molecule has 1 unspecified atom stereocenters. The van der Waals surface area contributed by atoms with Crippen LogP contribution in [0.2, 0.25) is 0 Å². The molecular formula is C21H26N2O5S. The summed E-state index contributed by atoms with van der Waals surface area (Å²) in [6, 6.07) is 12.2. The number of amides is 2. The van der Waals surface area contributed by atoms with Crippen molar-refractivity contribution in [3.8, 4) is 5.75 Å². The summed E-state index contributed by atoms with van der Waals surface area (Å²) in [5.74, 6) is -1.77. The summed E-state index contributed by atoms with van der Waals surface area (Å²) in [6.07, 6.45) is 0.0565. The maximum Gasteiger partial charge on any atom is 0.242 e. The second-order valence-electron chi connectivity index (χ2n) is 6.82. The van der Waals surface area contributed by atoms with Gasteiger partial charge >= 0.3 is 0 Å². The lowest BCUT2D eigenvalue weighted by Gasteiger charge is -2.17. The lowest BCUT2D eigenvalue weighted by Crippen LogP contribution is -2.39. The fourth-order valence-electron chi connectivity index (χ4n) is 3.09. The predicted octanol–water partition coefficient (Wildman–Crippen LogP) is 3.08. The molecule has 0 aliphatic carbocycles. The molecule has 0 radical (unpaired) electrons. The van der Waals surface area contributed by atoms with Gasteiger partial charge in [0.25, 0.3) is 0 Å². The van der Waals surface area contributed by atoms with Gasteiger partial charge in [0, 0.05) is 5.69 Å². The van der Waals surface area contributed by atoms with E-state index in [4.69, 9.17) is 4.74 Å². The summed E-state index contributed by atoms with van der Waals surface area (Å²) >= 11 is 0. The Bertz CT molecular complexity index is 982. The van der Waals surface area contributed by atoms with E-state index >= 15 is 0 Å². The van der Waals surface area contributed by atoms with Gasteiger partial charge in [-0.1, -0.05) is 25.1 Å². The number of carbonyl (C=O) groups excluding carboxylic acids is 2. The molecule has 0 fully saturated rings. The van der Waals surface area contributed by atoms with Gasteiger partial charge in [0.15, 0.2) is 9.84 Å². The van der Waals surface area contributed by atoms with E-state index in [9.17, 15) is 18.0 Å². The van der Waals surface area contributed by atoms with Crippen molar-refractivity contribution in [1.82, 2.24) is 0 Å². The minimum absolute atomic E-state index is 0.0565. The van der Waals surface area contributed by atoms with Gasteiger partial charge in [-0.25, -0.2) is 8.42 Å². The smallest absolute Gasteiger partial charge is 0.242 e. The van der Waals surface area contributed by atoms with Gasteiger partial charge in [-0.2, -0.15) is 0 Å². The lowest BCUT2D eigenvalue weighted by atomic mass is 10.1. The fourth-order valence-corrected chi connectivity index (χ4v) is 4.62. The third-order valence-electron chi connectivity index (χ3n) is 4.30. The maximum atomic E-state index is 12.7. The maximum absolute atomic E-state index is 12.7. The molecule has 0 heterocycles. The van der Waals surface area contributed by atoms with Gasteiger partial charge in [0.1, 0.15) is 16.8 Å². The molecular weight excluding hydrogens is 392 g/mol. The average Bonchev–Trinajstić information content (AvgIpc) is 2.60. The molecule has 2 aromatic rings. The first-order chi connectivity index (χ1) is 13.7. The molecule has 2 aromatic carbocycles. The van der Waals surface area contributed by atoms with Crippen LogP contribution in [0.5, 0.6) is 5.75 Å². The van der Waals surface area contributed by atoms with Crippen molar-refractivity contribution >= 4 is 33.0 Å². The number of hydrogen-bond acceptors (Lipinski definition) is 5. The number of ether oxygens (including phenoxy) is 1. The number of sulfone groups is 1. The number of methoxy groups -OCH3 is 1. The highest BCUT2D eigenvalue weighted by atomic mass is 32.2. The molecule has 0 saturated carbocycles. The van der Waals surface area contributed by atoms with Crippen LogP contribution in [-0.4, -0.2) is 38.3 Å². The Balaban J connectivity index is 2.12. The first kappa shape index (κ1) is 22.4. The van der Waals surface area contributed by atoms with E-state index in [-0.39, 0.29) is 6.42 Å². The summed E-state index contributed by atoms with van der Waals surface area (Å²) in [7, 11) is -2.57. The van der Waals surface area contributed by atoms with E-state index in [1.54, 1.807) is 43.3 Å². The third-order valence-corrected chi connectivity index (χ3v) is 6.38. The van der Waals surface area contributed by atoms with E-state index in [1.165, 1.54) is 7.11 Å². The zero-order valence-corrected chi connectivity index (χ0v) is 17.8. The van der Waals surface area contributed by atoms with Crippen molar-refractivity contribution in [2.45, 2.75) is 32.4 Å². The van der Waals surface area contributed by atoms with Gasteiger partial charge in [-0.15, -0.1) is 0 Å². The van der Waals surface area contributed by atoms with Crippen LogP contribution < -0.4 is 15.4 Å². The summed E-state index contributed by atoms with van der Waals surface area (Å²) in [4.78, 5) is 24.9. The molecule has 0 aliphatic rings. The minimum Gasteiger partial charge on any atom is -0.495 e. The second-order valence-corrected chi connectivity index (χ2v) is 9.00. The van der Waals surface area contributed by atoms with Crippen LogP contribution in [0.15, 0.2) is 42.5 Å². The zero-order valence-electron chi connectivity index (χ0n) is 17.0. The Hall–Kier alpha value is -2.87. The molecule has 0 bridgehead atoms. The number of nitrogens with one attached hydrogen (secondary N) is 2. The number of carbonyl (C=O) groups is 2. The molecule has 0 saturated heterocycles. The molecule has 2 rings (SSSR count). The Morgan fingerprint density at radius 3 is 2.24 bits per heavy atom. The van der Waals surface area contributed by atoms with Gasteiger partial charge in [0.05, 0.1) is 12.8 Å². The largest absolute Gasteiger partial charge is 0.495 e. The standard InChI is InChI=1S/C21H26N2O5S/c1-5-19(21(25)22-16-11-14(2)10-15(3)12-16)29(26,27)13-20(24)23-17-8-6-7-9-18(17)28-4/h6-12,19H,5,13H2,1-4H3,(H,22,25)(H,23,24). The van der Waals surface area contributed by atoms with Gasteiger partial charge in [0.2, 0.25) is 11.8 Å². The Morgan fingerprint density at radius 1 is 1.03 bits per heavy atom. The van der Waals surface area contributed by atoms with E-state index in [2.05, 4.69) is 10.6 Å². The summed E-state index contributed by atoms with van der Waals surface area (Å²) in [5.41, 5.74) is 2.79. The van der Waals surface area contributed by atoms with Crippen LogP contribution in [-0.2, 0) is 19.4 Å². The topological polar surface area (TPSA) is 102 Å². The first-order valence-electron chi connectivity index (χ1n) is 9.20. The van der Waals surface area contributed by atoms with Crippen LogP contribution in [0.1, 0.15) is 24.5 Å². The van der Waals surface area contributed by atoms with Crippen LogP contribution in [0, 0.1) is 13.8 Å². The Kier molecular flexibility index (Phi) is 7.39. The molecule has 0 aliphatic heterocycles. The molecule has 29 heavy (non-hydrogen) atoms. The van der Waals surface area contributed by atoms with Gasteiger partial charge < -0.3 is 15.4 Å². The molecule has 8 heteroatoms. The molecule has 7 nitrogen and oxygen atoms in total. The van der Waals surface area contributed by atoms with E-state index in [0.29, 0.717) is 17.1 Å². The molecule has 0 spiro atoms. The SMILES string of the molecule is CCC(C(=O)Nc1cc(C)cc(C)c1)S(=O)(=O)CC(=O)Nc1ccccc1OC. The Labute approximate surface area is 171 Å². The van der Waals surface area contributed by atoms with Gasteiger partial charge in [-0.3, -0.25) is 9.59 Å². The van der Waals surface area contributed by atoms with Crippen molar-refractivity contribution in [3.63, 3.8) is 0 Å². The molecule has 2 amide bonds. The van der Waals surface area contributed by atoms with Crippen LogP contribution in [0.25, 0.3) is 0 Å². The highest BCUT2D eigenvalue weighted by molar-refractivity contribution is 7.93. The quantitative estimate of drug-likeness (QED) is 0.686. The highest BCUT2D eigenvalue weighted by Crippen LogP contribution is 2.23. The van der Waals surface area contributed by atoms with Crippen molar-refractivity contribution in [3.05, 3.63) is 53.6 Å². The number of para-hydroxylation sites is 2. The van der Waals surface area contributed by atoms with E-state index in [1.807, 2.05) is 19.9 Å². The fraction of sp³-hybridized carbons (Fsp3) is 0.333. The number of benzene rings is 2. The zero-order chi connectivity index (χ0) is 21.6. The monoisotopic (exact) mass is 418 g/mol. The van der Waals surface area contributed by atoms with Crippen LogP contribution >= 0.6 is 0 Å². The number of hydrogen-bond donors (Lipinski definition) is 2. The molecule has 156 valence electrons. The number of rotatable bonds is 8. The summed E-state index contributed by atoms with van der Waals surface area (Å²) in [5, 5.41) is 3.85. The first-order valence-corrected chi connectivity index (χ1v) is 10.9. The normalized spacial score (nSPS) is 12.1. The van der Waals surface area contributed by atoms with Crippen molar-refractivity contribution in [2.24, 2.45) is 0 Å². The summed E-state index contributed by atoms with van der Waals surface area (Å²) < 4.78 is 30.6. The average molecular weight is 419 g/mol. The third kappa shape index (κ3) is 6.05. The van der Waals surface area contributed by atoms with Gasteiger partial charge in [-0.05, 0) is 55.7 Å². The molecule has 1 atom stereocenters. The van der Waals surface area contributed by atoms with Crippen LogP contribution in [0.3, 0.4) is 0 Å². The Morgan fingerprint density at radius 2 is 1.66 bits per heavy atom. The van der Waals surface area contributed by atoms with E-state index < -0.39 is 32.7 Å². The molecule has 2 N–H and O–H groups in total. The second kappa shape index (κ2) is 9.56. The number of anilines is 2. The van der Waals surface area contributed by atoms with Crippen LogP contribution in [0.4, 0.5) is 11.4 Å². The highest BCUT2D eigenvalue weighted by Gasteiger charge is 2.33. The minimum atomic E-state index is -4.02. The van der Waals surface area contributed by atoms with E-state index in [0.717, 1.165) is 11.1 Å². The predicted molar refractivity (Wildman–Crippen MR) is 114 cm³/mol. The van der Waals surface area contributed by atoms with Crippen molar-refractivity contribution in [1.29, 1.82) is 0 Å². The van der Waals surface area contributed by atoms with Crippen molar-refractivity contribution in [2.75, 3.05) is 23.5 Å².